The van der Waals surface area contributed by atoms with Crippen LogP contribution in [0.3, 0.4) is 0 Å². The second kappa shape index (κ2) is 12.3. The van der Waals surface area contributed by atoms with Crippen LogP contribution in [0, 0.1) is 0 Å². The average Bonchev–Trinajstić information content (AvgIpc) is 2.51. The van der Waals surface area contributed by atoms with Gasteiger partial charge in [-0.15, -0.1) is 12.8 Å². The van der Waals surface area contributed by atoms with E-state index in [9.17, 15) is 9.59 Å². The molecule has 0 aliphatic heterocycles. The molecule has 4 nitrogen and oxygen atoms in total. The topological polar surface area (TPSA) is 59.9 Å². The molecule has 2 aromatic heterocycles. The number of rotatable bonds is 7. The van der Waals surface area contributed by atoms with Crippen LogP contribution < -0.4 is 0 Å². The van der Waals surface area contributed by atoms with E-state index in [1.165, 1.54) is 0 Å². The summed E-state index contributed by atoms with van der Waals surface area (Å²) in [6, 6.07) is 7.55. The first-order chi connectivity index (χ1) is 9.86. The van der Waals surface area contributed by atoms with Crippen LogP contribution in [0.25, 0.3) is 11.4 Å². The predicted octanol–water partition coefficient (Wildman–Crippen LogP) is 2.22. The molecule has 22 heavy (non-hydrogen) atoms. The van der Waals surface area contributed by atoms with Gasteiger partial charge in [0.15, 0.2) is 0 Å². The average molecular weight is 444 g/mol. The summed E-state index contributed by atoms with van der Waals surface area (Å²) in [7, 11) is 0. The van der Waals surface area contributed by atoms with Crippen molar-refractivity contribution in [2.75, 3.05) is 0 Å². The van der Waals surface area contributed by atoms with Gasteiger partial charge >= 0.3 is 0 Å². The maximum absolute atomic E-state index is 10.4. The maximum atomic E-state index is 10.4. The molecule has 0 saturated carbocycles. The van der Waals surface area contributed by atoms with Crippen LogP contribution in [0.4, 0.5) is 0 Å². The van der Waals surface area contributed by atoms with Crippen LogP contribution in [-0.4, -0.2) is 22.5 Å². The molecule has 0 N–H and O–H groups in total. The summed E-state index contributed by atoms with van der Waals surface area (Å²) in [4.78, 5) is 29.6. The molecule has 0 amide bonds. The molecule has 0 saturated heterocycles. The molecule has 0 fully saturated rings. The molecule has 0 unspecified atom stereocenters. The normalized spacial score (nSPS) is 9.27. The van der Waals surface area contributed by atoms with E-state index in [1.54, 1.807) is 12.4 Å². The van der Waals surface area contributed by atoms with Crippen LogP contribution in [-0.2, 0) is 87.8 Å². The zero-order chi connectivity index (χ0) is 14.2. The Hall–Kier alpha value is -0.152. The second-order valence-corrected chi connectivity index (χ2v) is 4.31. The van der Waals surface area contributed by atoms with E-state index in [1.807, 2.05) is 36.8 Å². The van der Waals surface area contributed by atoms with E-state index in [2.05, 4.69) is 9.97 Å². The van der Waals surface area contributed by atoms with Crippen molar-refractivity contribution in [1.29, 1.82) is 0 Å². The summed E-state index contributed by atoms with van der Waals surface area (Å²) in [6.07, 6.45) is 9.04. The van der Waals surface area contributed by atoms with Crippen LogP contribution in [0.1, 0.15) is 24.0 Å². The van der Waals surface area contributed by atoms with Gasteiger partial charge in [-0.1, -0.05) is 12.1 Å². The van der Waals surface area contributed by atoms with Crippen molar-refractivity contribution >= 4 is 12.6 Å². The molecule has 0 aliphatic carbocycles. The molecule has 2 radical (unpaired) electrons. The fourth-order valence-electron chi connectivity index (χ4n) is 2.08. The third-order valence-corrected chi connectivity index (χ3v) is 3.00. The largest absolute Gasteiger partial charge is 0.542 e. The summed E-state index contributed by atoms with van der Waals surface area (Å²) >= 11 is 0. The minimum atomic E-state index is 0. The van der Waals surface area contributed by atoms with Gasteiger partial charge in [-0.25, -0.2) is 0 Å². The molecule has 0 bridgehead atoms. The monoisotopic (exact) mass is 444 g/mol. The van der Waals surface area contributed by atoms with Crippen molar-refractivity contribution in [2.45, 2.75) is 25.7 Å². The Kier molecular flexibility index (Phi) is 12.2. The first kappa shape index (κ1) is 21.8. The third kappa shape index (κ3) is 6.15. The zero-order valence-corrected chi connectivity index (χ0v) is 17.8. The van der Waals surface area contributed by atoms with Crippen LogP contribution in [0.2, 0.25) is 0 Å². The number of pyridine rings is 2. The summed E-state index contributed by atoms with van der Waals surface area (Å²) in [6.45, 7) is 0. The van der Waals surface area contributed by atoms with E-state index < -0.39 is 0 Å². The van der Waals surface area contributed by atoms with Crippen LogP contribution in [0.15, 0.2) is 36.7 Å². The van der Waals surface area contributed by atoms with Gasteiger partial charge in [0.05, 0.1) is 11.4 Å². The standard InChI is InChI=1S/C16H14N2O2.2Y/c19-11-3-7-13-5-1-9-17-15(13)16-14(8-4-12-20)6-2-10-18-16;;/h1-2,5-6,9-10H,3-4,7-8H2;;/q-2;;. The Labute approximate surface area is 180 Å². The summed E-state index contributed by atoms with van der Waals surface area (Å²) in [5.74, 6) is 0. The Morgan fingerprint density at radius 1 is 0.773 bits per heavy atom. The molecule has 0 aliphatic rings. The molecular weight excluding hydrogens is 430 g/mol. The molecule has 0 atom stereocenters. The quantitative estimate of drug-likeness (QED) is 0.615. The van der Waals surface area contributed by atoms with Crippen molar-refractivity contribution in [3.8, 4) is 11.4 Å². The van der Waals surface area contributed by atoms with Gasteiger partial charge in [0.2, 0.25) is 0 Å². The number of nitrogens with zero attached hydrogens (tertiary/aromatic N) is 2. The molecule has 0 spiro atoms. The fraction of sp³-hybridized carbons (Fsp3) is 0.250. The number of aryl methyl sites for hydroxylation is 2. The number of aromatic nitrogens is 2. The second-order valence-electron chi connectivity index (χ2n) is 4.31. The minimum absolute atomic E-state index is 0. The van der Waals surface area contributed by atoms with Crippen molar-refractivity contribution in [3.05, 3.63) is 47.8 Å². The first-order valence-electron chi connectivity index (χ1n) is 6.45. The summed E-state index contributed by atoms with van der Waals surface area (Å²) in [5.41, 5.74) is 3.46. The van der Waals surface area contributed by atoms with Gasteiger partial charge in [0, 0.05) is 77.8 Å². The maximum Gasteiger partial charge on any atom is 0.0919 e. The first-order valence-corrected chi connectivity index (χ1v) is 6.45. The molecule has 6 heteroatoms. The van der Waals surface area contributed by atoms with Crippen LogP contribution >= 0.6 is 0 Å². The van der Waals surface area contributed by atoms with Gasteiger partial charge in [0.25, 0.3) is 0 Å². The molecule has 2 aromatic rings. The van der Waals surface area contributed by atoms with Gasteiger partial charge < -0.3 is 9.59 Å². The number of carbonyl (C=O) groups excluding carboxylic acids is 2. The van der Waals surface area contributed by atoms with E-state index in [0.717, 1.165) is 22.5 Å². The Morgan fingerprint density at radius 3 is 1.55 bits per heavy atom. The van der Waals surface area contributed by atoms with Crippen molar-refractivity contribution in [1.82, 2.24) is 9.97 Å². The predicted molar refractivity (Wildman–Crippen MR) is 75.5 cm³/mol. The SMILES string of the molecule is O=[C-]CCc1cccnc1-c1ncccc1CC[C-]=O.[Y].[Y]. The van der Waals surface area contributed by atoms with Gasteiger partial charge in [-0.05, 0) is 36.1 Å². The van der Waals surface area contributed by atoms with E-state index in [0.29, 0.717) is 25.7 Å². The smallest absolute Gasteiger partial charge is 0.0919 e. The Bertz CT molecular complexity index is 553. The summed E-state index contributed by atoms with van der Waals surface area (Å²) < 4.78 is 0. The fourth-order valence-corrected chi connectivity index (χ4v) is 2.08. The Morgan fingerprint density at radius 2 is 1.18 bits per heavy atom. The van der Waals surface area contributed by atoms with E-state index in [4.69, 9.17) is 0 Å². The third-order valence-electron chi connectivity index (χ3n) is 3.00. The zero-order valence-electron chi connectivity index (χ0n) is 12.2. The molecule has 2 heterocycles. The molecule has 2 rings (SSSR count). The molecule has 108 valence electrons. The Balaban J connectivity index is 0.00000220. The van der Waals surface area contributed by atoms with E-state index >= 15 is 0 Å². The van der Waals surface area contributed by atoms with Gasteiger partial charge in [0.1, 0.15) is 0 Å². The van der Waals surface area contributed by atoms with Crippen molar-refractivity contribution in [2.24, 2.45) is 0 Å². The van der Waals surface area contributed by atoms with Crippen molar-refractivity contribution < 1.29 is 75.0 Å². The number of hydrogen-bond donors (Lipinski definition) is 0. The summed E-state index contributed by atoms with van der Waals surface area (Å²) in [5, 5.41) is 0. The number of hydrogen-bond acceptors (Lipinski definition) is 4. The van der Waals surface area contributed by atoms with E-state index in [-0.39, 0.29) is 65.4 Å². The van der Waals surface area contributed by atoms with Gasteiger partial charge in [-0.2, -0.15) is 0 Å². The minimum Gasteiger partial charge on any atom is -0.542 e. The van der Waals surface area contributed by atoms with Crippen molar-refractivity contribution in [3.63, 3.8) is 0 Å². The van der Waals surface area contributed by atoms with Crippen LogP contribution in [0.5, 0.6) is 0 Å². The van der Waals surface area contributed by atoms with Gasteiger partial charge in [-0.3, -0.25) is 22.5 Å². The molecule has 0 aromatic carbocycles. The molecular formula is C16H14N2O2Y2-2.